The van der Waals surface area contributed by atoms with Crippen molar-refractivity contribution >= 4 is 18.0 Å². The van der Waals surface area contributed by atoms with E-state index in [1.54, 1.807) is 37.4 Å². The molecule has 0 aliphatic rings. The van der Waals surface area contributed by atoms with E-state index in [1.807, 2.05) is 0 Å². The number of methoxy groups -OCH3 is 2. The molecule has 0 heterocycles. The number of phenols is 1. The third-order valence-electron chi connectivity index (χ3n) is 3.87. The Morgan fingerprint density at radius 3 is 2.39 bits per heavy atom. The van der Waals surface area contributed by atoms with Crippen molar-refractivity contribution in [2.75, 3.05) is 14.2 Å². The van der Waals surface area contributed by atoms with Gasteiger partial charge in [0.15, 0.2) is 11.5 Å². The van der Waals surface area contributed by atoms with Crippen molar-refractivity contribution < 1.29 is 24.2 Å². The van der Waals surface area contributed by atoms with Gasteiger partial charge in [0.1, 0.15) is 11.8 Å². The van der Waals surface area contributed by atoms with Gasteiger partial charge in [-0.2, -0.15) is 5.10 Å². The molecule has 0 bridgehead atoms. The highest BCUT2D eigenvalue weighted by Crippen LogP contribution is 2.26. The highest BCUT2D eigenvalue weighted by molar-refractivity contribution is 5.88. The quantitative estimate of drug-likeness (QED) is 0.472. The first-order valence-electron chi connectivity index (χ1n) is 8.53. The Hall–Kier alpha value is -3.55. The van der Waals surface area contributed by atoms with Gasteiger partial charge in [0, 0.05) is 13.3 Å². The van der Waals surface area contributed by atoms with Gasteiger partial charge in [0.2, 0.25) is 5.91 Å². The fourth-order valence-electron chi connectivity index (χ4n) is 2.50. The summed E-state index contributed by atoms with van der Waals surface area (Å²) in [5.41, 5.74) is 3.92. The van der Waals surface area contributed by atoms with Crippen LogP contribution >= 0.6 is 0 Å². The molecular formula is C20H23N3O5. The van der Waals surface area contributed by atoms with Crippen LogP contribution in [-0.2, 0) is 16.0 Å². The number of aromatic hydroxyl groups is 1. The van der Waals surface area contributed by atoms with Crippen LogP contribution in [0.1, 0.15) is 18.1 Å². The van der Waals surface area contributed by atoms with Crippen molar-refractivity contribution in [3.05, 3.63) is 53.6 Å². The number of benzene rings is 2. The lowest BCUT2D eigenvalue weighted by Crippen LogP contribution is -2.46. The fraction of sp³-hybridized carbons (Fsp3) is 0.250. The molecule has 1 unspecified atom stereocenters. The minimum Gasteiger partial charge on any atom is -0.508 e. The number of nitrogens with one attached hydrogen (secondary N) is 2. The smallest absolute Gasteiger partial charge is 0.262 e. The molecule has 2 aromatic carbocycles. The summed E-state index contributed by atoms with van der Waals surface area (Å²) < 4.78 is 10.4. The summed E-state index contributed by atoms with van der Waals surface area (Å²) in [7, 11) is 3.07. The van der Waals surface area contributed by atoms with Crippen molar-refractivity contribution in [1.82, 2.24) is 10.7 Å². The average Bonchev–Trinajstić information content (AvgIpc) is 2.68. The van der Waals surface area contributed by atoms with Gasteiger partial charge < -0.3 is 19.9 Å². The molecule has 0 aliphatic heterocycles. The second-order valence-electron chi connectivity index (χ2n) is 5.97. The van der Waals surface area contributed by atoms with Crippen molar-refractivity contribution in [3.63, 3.8) is 0 Å². The van der Waals surface area contributed by atoms with Gasteiger partial charge in [0.05, 0.1) is 20.4 Å². The van der Waals surface area contributed by atoms with Gasteiger partial charge in [-0.05, 0) is 41.5 Å². The van der Waals surface area contributed by atoms with Crippen LogP contribution in [0.15, 0.2) is 47.6 Å². The molecule has 0 radical (unpaired) electrons. The first-order valence-corrected chi connectivity index (χ1v) is 8.53. The molecule has 0 spiro atoms. The standard InChI is InChI=1S/C20H23N3O5/c1-13(24)22-17(10-14-4-7-16(25)8-5-14)20(26)23-21-12-15-6-9-18(27-2)19(11-15)28-3/h4-9,11-12,17,25H,10H2,1-3H3,(H,22,24)(H,23,26)/b21-12+. The van der Waals surface area contributed by atoms with Gasteiger partial charge in [-0.25, -0.2) is 5.43 Å². The molecule has 3 N–H and O–H groups in total. The van der Waals surface area contributed by atoms with Crippen molar-refractivity contribution in [3.8, 4) is 17.2 Å². The summed E-state index contributed by atoms with van der Waals surface area (Å²) in [4.78, 5) is 23.9. The Morgan fingerprint density at radius 2 is 1.79 bits per heavy atom. The zero-order valence-corrected chi connectivity index (χ0v) is 15.9. The molecule has 28 heavy (non-hydrogen) atoms. The summed E-state index contributed by atoms with van der Waals surface area (Å²) in [5.74, 6) is 0.469. The molecule has 8 nitrogen and oxygen atoms in total. The topological polar surface area (TPSA) is 109 Å². The maximum atomic E-state index is 12.4. The molecule has 2 aromatic rings. The highest BCUT2D eigenvalue weighted by atomic mass is 16.5. The van der Waals surface area contributed by atoms with Gasteiger partial charge in [-0.1, -0.05) is 12.1 Å². The lowest BCUT2D eigenvalue weighted by Gasteiger charge is -2.16. The van der Waals surface area contributed by atoms with E-state index in [9.17, 15) is 14.7 Å². The minimum absolute atomic E-state index is 0.129. The van der Waals surface area contributed by atoms with Gasteiger partial charge in [0.25, 0.3) is 5.91 Å². The summed E-state index contributed by atoms with van der Waals surface area (Å²) in [6.45, 7) is 1.34. The predicted molar refractivity (Wildman–Crippen MR) is 105 cm³/mol. The number of phenolic OH excluding ortho intramolecular Hbond substituents is 1. The molecule has 0 saturated heterocycles. The summed E-state index contributed by atoms with van der Waals surface area (Å²) in [5, 5.41) is 15.9. The second-order valence-corrected chi connectivity index (χ2v) is 5.97. The van der Waals surface area contributed by atoms with E-state index < -0.39 is 11.9 Å². The Balaban J connectivity index is 2.05. The maximum absolute atomic E-state index is 12.4. The lowest BCUT2D eigenvalue weighted by molar-refractivity contribution is -0.128. The Kier molecular flexibility index (Phi) is 7.38. The number of rotatable bonds is 8. The van der Waals surface area contributed by atoms with E-state index in [1.165, 1.54) is 32.4 Å². The Morgan fingerprint density at radius 1 is 1.11 bits per heavy atom. The third-order valence-corrected chi connectivity index (χ3v) is 3.87. The lowest BCUT2D eigenvalue weighted by atomic mass is 10.1. The molecule has 2 amide bonds. The van der Waals surface area contributed by atoms with Crippen LogP contribution in [0.2, 0.25) is 0 Å². The largest absolute Gasteiger partial charge is 0.508 e. The highest BCUT2D eigenvalue weighted by Gasteiger charge is 2.19. The number of hydrogen-bond acceptors (Lipinski definition) is 6. The molecule has 0 aliphatic carbocycles. The fourth-order valence-corrected chi connectivity index (χ4v) is 2.50. The van der Waals surface area contributed by atoms with Gasteiger partial charge in [-0.3, -0.25) is 9.59 Å². The van der Waals surface area contributed by atoms with Crippen molar-refractivity contribution in [1.29, 1.82) is 0 Å². The van der Waals surface area contributed by atoms with Crippen LogP contribution in [0, 0.1) is 0 Å². The predicted octanol–water partition coefficient (Wildman–Crippen LogP) is 1.61. The third kappa shape index (κ3) is 6.01. The van der Waals surface area contributed by atoms with Crippen molar-refractivity contribution in [2.45, 2.75) is 19.4 Å². The van der Waals surface area contributed by atoms with E-state index >= 15 is 0 Å². The van der Waals surface area contributed by atoms with Gasteiger partial charge in [-0.15, -0.1) is 0 Å². The molecular weight excluding hydrogens is 362 g/mol. The summed E-state index contributed by atoms with van der Waals surface area (Å²) in [6, 6.07) is 10.8. The van der Waals surface area contributed by atoms with Crippen LogP contribution < -0.4 is 20.2 Å². The minimum atomic E-state index is -0.801. The Labute approximate surface area is 163 Å². The summed E-state index contributed by atoms with van der Waals surface area (Å²) >= 11 is 0. The normalized spacial score (nSPS) is 11.7. The van der Waals surface area contributed by atoms with E-state index in [-0.39, 0.29) is 18.1 Å². The number of hydrogen-bond donors (Lipinski definition) is 3. The first-order chi connectivity index (χ1) is 13.4. The molecule has 0 aromatic heterocycles. The van der Waals surface area contributed by atoms with E-state index in [0.29, 0.717) is 17.1 Å². The molecule has 0 fully saturated rings. The van der Waals surface area contributed by atoms with E-state index in [2.05, 4.69) is 15.8 Å². The first kappa shape index (κ1) is 20.8. The number of nitrogens with zero attached hydrogens (tertiary/aromatic N) is 1. The number of hydrazone groups is 1. The maximum Gasteiger partial charge on any atom is 0.262 e. The summed E-state index contributed by atoms with van der Waals surface area (Å²) in [6.07, 6.45) is 1.73. The monoisotopic (exact) mass is 385 g/mol. The number of ether oxygens (including phenoxy) is 2. The number of amides is 2. The second kappa shape index (κ2) is 9.96. The zero-order valence-electron chi connectivity index (χ0n) is 15.9. The van der Waals surface area contributed by atoms with Crippen LogP contribution in [-0.4, -0.2) is 43.4 Å². The van der Waals surface area contributed by atoms with Crippen LogP contribution in [0.5, 0.6) is 17.2 Å². The molecule has 148 valence electrons. The van der Waals surface area contributed by atoms with Crippen molar-refractivity contribution in [2.24, 2.45) is 5.10 Å². The average molecular weight is 385 g/mol. The Bertz CT molecular complexity index is 849. The molecule has 2 rings (SSSR count). The number of carbonyl (C=O) groups is 2. The van der Waals surface area contributed by atoms with E-state index in [4.69, 9.17) is 9.47 Å². The SMILES string of the molecule is COc1ccc(/C=N/NC(=O)C(Cc2ccc(O)cc2)NC(C)=O)cc1OC. The molecule has 0 saturated carbocycles. The van der Waals surface area contributed by atoms with Crippen LogP contribution in [0.3, 0.4) is 0 Å². The van der Waals surface area contributed by atoms with Gasteiger partial charge >= 0.3 is 0 Å². The molecule has 8 heteroatoms. The number of carbonyl (C=O) groups excluding carboxylic acids is 2. The van der Waals surface area contributed by atoms with E-state index in [0.717, 1.165) is 5.56 Å². The molecule has 1 atom stereocenters. The van der Waals surface area contributed by atoms with Crippen LogP contribution in [0.25, 0.3) is 0 Å². The van der Waals surface area contributed by atoms with Crippen LogP contribution in [0.4, 0.5) is 0 Å². The zero-order chi connectivity index (χ0) is 20.5.